The number of nitrogens with one attached hydrogen (secondary N) is 1. The van der Waals surface area contributed by atoms with Gasteiger partial charge in [-0.1, -0.05) is 27.7 Å². The number of nitriles is 1. The molecule has 3 rings (SSSR count). The van der Waals surface area contributed by atoms with Crippen LogP contribution in [0.1, 0.15) is 33.3 Å². The molecule has 1 heterocycles. The van der Waals surface area contributed by atoms with E-state index in [1.165, 1.54) is 12.1 Å². The van der Waals surface area contributed by atoms with E-state index in [-0.39, 0.29) is 23.1 Å². The second kappa shape index (κ2) is 6.84. The number of fused-ring (bicyclic) bond motifs is 1. The molecule has 2 aromatic carbocycles. The molecule has 27 heavy (non-hydrogen) atoms. The lowest BCUT2D eigenvalue weighted by atomic mass is 9.81. The Labute approximate surface area is 157 Å². The van der Waals surface area contributed by atoms with Crippen molar-refractivity contribution in [1.29, 1.82) is 5.26 Å². The normalized spacial score (nSPS) is 12.6. The molecule has 0 spiro atoms. The summed E-state index contributed by atoms with van der Waals surface area (Å²) in [6, 6.07) is 13.1. The Morgan fingerprint density at radius 1 is 1.22 bits per heavy atom. The number of benzene rings is 2. The van der Waals surface area contributed by atoms with Gasteiger partial charge in [0.15, 0.2) is 0 Å². The van der Waals surface area contributed by atoms with Gasteiger partial charge in [-0.25, -0.2) is 9.37 Å². The number of aromatic nitrogens is 2. The standard InChI is InChI=1S/C21H21FN4O/c1-13(21(2,3)4)19(27)25-20-24-17-10-5-14(12-23)11-18(17)26(20)16-8-6-15(22)7-9-16/h5-11,13H,1-4H3,(H,24,25,27). The number of nitrogens with zero attached hydrogens (tertiary/aromatic N) is 3. The number of hydrogen-bond acceptors (Lipinski definition) is 3. The van der Waals surface area contributed by atoms with Gasteiger partial charge in [-0.2, -0.15) is 5.26 Å². The van der Waals surface area contributed by atoms with Gasteiger partial charge in [-0.15, -0.1) is 0 Å². The first-order valence-corrected chi connectivity index (χ1v) is 8.70. The average molecular weight is 364 g/mol. The highest BCUT2D eigenvalue weighted by Gasteiger charge is 2.28. The molecule has 138 valence electrons. The van der Waals surface area contributed by atoms with Gasteiger partial charge in [0, 0.05) is 11.6 Å². The number of imidazole rings is 1. The van der Waals surface area contributed by atoms with Crippen molar-refractivity contribution >= 4 is 22.9 Å². The summed E-state index contributed by atoms with van der Waals surface area (Å²) in [7, 11) is 0. The highest BCUT2D eigenvalue weighted by atomic mass is 19.1. The summed E-state index contributed by atoms with van der Waals surface area (Å²) < 4.78 is 15.1. The molecule has 0 aliphatic carbocycles. The molecule has 0 fully saturated rings. The van der Waals surface area contributed by atoms with Crippen LogP contribution in [-0.2, 0) is 4.79 Å². The second-order valence-corrected chi connectivity index (χ2v) is 7.64. The molecule has 1 unspecified atom stereocenters. The Kier molecular flexibility index (Phi) is 4.71. The van der Waals surface area contributed by atoms with E-state index < -0.39 is 0 Å². The van der Waals surface area contributed by atoms with Crippen molar-refractivity contribution in [2.75, 3.05) is 5.32 Å². The fraction of sp³-hybridized carbons (Fsp3) is 0.286. The summed E-state index contributed by atoms with van der Waals surface area (Å²) in [4.78, 5) is 17.2. The maximum absolute atomic E-state index is 13.4. The van der Waals surface area contributed by atoms with Crippen LogP contribution in [0.2, 0.25) is 0 Å². The number of hydrogen-bond donors (Lipinski definition) is 1. The molecule has 0 aliphatic heterocycles. The van der Waals surface area contributed by atoms with E-state index in [2.05, 4.69) is 16.4 Å². The number of rotatable bonds is 3. The predicted octanol–water partition coefficient (Wildman–Crippen LogP) is 4.66. The van der Waals surface area contributed by atoms with Crippen LogP contribution in [0.5, 0.6) is 0 Å². The molecule has 5 nitrogen and oxygen atoms in total. The van der Waals surface area contributed by atoms with Crippen LogP contribution in [0.15, 0.2) is 42.5 Å². The SMILES string of the molecule is CC(C(=O)Nc1nc2ccc(C#N)cc2n1-c1ccc(F)cc1)C(C)(C)C. The molecule has 1 amide bonds. The lowest BCUT2D eigenvalue weighted by Crippen LogP contribution is -2.31. The zero-order valence-electron chi connectivity index (χ0n) is 15.7. The third-order valence-corrected chi connectivity index (χ3v) is 4.80. The summed E-state index contributed by atoms with van der Waals surface area (Å²) in [6.45, 7) is 7.87. The Hall–Kier alpha value is -3.20. The van der Waals surface area contributed by atoms with Crippen molar-refractivity contribution in [3.05, 3.63) is 53.8 Å². The molecule has 6 heteroatoms. The topological polar surface area (TPSA) is 70.7 Å². The van der Waals surface area contributed by atoms with Crippen LogP contribution in [0.4, 0.5) is 10.3 Å². The number of carbonyl (C=O) groups is 1. The van der Waals surface area contributed by atoms with E-state index in [0.717, 1.165) is 0 Å². The van der Waals surface area contributed by atoms with Crippen LogP contribution >= 0.6 is 0 Å². The van der Waals surface area contributed by atoms with Gasteiger partial charge in [0.05, 0.1) is 22.7 Å². The molecular formula is C21H21FN4O. The quantitative estimate of drug-likeness (QED) is 0.735. The smallest absolute Gasteiger partial charge is 0.230 e. The van der Waals surface area contributed by atoms with Gasteiger partial charge in [-0.3, -0.25) is 14.7 Å². The summed E-state index contributed by atoms with van der Waals surface area (Å²) in [5.74, 6) is -0.407. The molecule has 1 N–H and O–H groups in total. The molecule has 0 aliphatic rings. The van der Waals surface area contributed by atoms with Gasteiger partial charge in [0.1, 0.15) is 5.82 Å². The largest absolute Gasteiger partial charge is 0.295 e. The van der Waals surface area contributed by atoms with E-state index in [1.807, 2.05) is 27.7 Å². The molecule has 3 aromatic rings. The van der Waals surface area contributed by atoms with Gasteiger partial charge < -0.3 is 0 Å². The van der Waals surface area contributed by atoms with Gasteiger partial charge in [0.25, 0.3) is 0 Å². The summed E-state index contributed by atoms with van der Waals surface area (Å²) in [5.41, 5.74) is 2.22. The third kappa shape index (κ3) is 3.68. The minimum absolute atomic E-state index is 0.151. The van der Waals surface area contributed by atoms with Gasteiger partial charge >= 0.3 is 0 Å². The Morgan fingerprint density at radius 3 is 2.48 bits per heavy atom. The Bertz CT molecular complexity index is 1040. The molecule has 0 saturated heterocycles. The number of halogens is 1. The van der Waals surface area contributed by atoms with Crippen molar-refractivity contribution in [3.63, 3.8) is 0 Å². The van der Waals surface area contributed by atoms with Crippen molar-refractivity contribution in [1.82, 2.24) is 9.55 Å². The first kappa shape index (κ1) is 18.6. The predicted molar refractivity (Wildman–Crippen MR) is 103 cm³/mol. The maximum Gasteiger partial charge on any atom is 0.230 e. The van der Waals surface area contributed by atoms with Crippen LogP contribution in [0.3, 0.4) is 0 Å². The van der Waals surface area contributed by atoms with Crippen molar-refractivity contribution < 1.29 is 9.18 Å². The monoisotopic (exact) mass is 364 g/mol. The molecule has 1 atom stereocenters. The highest BCUT2D eigenvalue weighted by molar-refractivity contribution is 5.94. The minimum atomic E-state index is -0.354. The second-order valence-electron chi connectivity index (χ2n) is 7.64. The van der Waals surface area contributed by atoms with Gasteiger partial charge in [0.2, 0.25) is 11.9 Å². The van der Waals surface area contributed by atoms with Crippen LogP contribution in [0.25, 0.3) is 16.7 Å². The Morgan fingerprint density at radius 2 is 1.89 bits per heavy atom. The molecule has 0 radical (unpaired) electrons. The summed E-state index contributed by atoms with van der Waals surface area (Å²) in [6.07, 6.45) is 0. The molecule has 0 saturated carbocycles. The van der Waals surface area contributed by atoms with E-state index in [4.69, 9.17) is 0 Å². The van der Waals surface area contributed by atoms with Crippen molar-refractivity contribution in [3.8, 4) is 11.8 Å². The van der Waals surface area contributed by atoms with Gasteiger partial charge in [-0.05, 0) is 47.9 Å². The minimum Gasteiger partial charge on any atom is -0.295 e. The number of anilines is 1. The lowest BCUT2D eigenvalue weighted by Gasteiger charge is -2.26. The third-order valence-electron chi connectivity index (χ3n) is 4.80. The molecular weight excluding hydrogens is 343 g/mol. The molecule has 0 bridgehead atoms. The summed E-state index contributed by atoms with van der Waals surface area (Å²) >= 11 is 0. The van der Waals surface area contributed by atoms with Crippen LogP contribution in [-0.4, -0.2) is 15.5 Å². The lowest BCUT2D eigenvalue weighted by molar-refractivity contribution is -0.122. The zero-order chi connectivity index (χ0) is 19.8. The summed E-state index contributed by atoms with van der Waals surface area (Å²) in [5, 5.41) is 12.1. The average Bonchev–Trinajstić information content (AvgIpc) is 2.97. The fourth-order valence-electron chi connectivity index (χ4n) is 2.69. The van der Waals surface area contributed by atoms with E-state index >= 15 is 0 Å². The Balaban J connectivity index is 2.14. The maximum atomic E-state index is 13.4. The first-order chi connectivity index (χ1) is 12.7. The highest BCUT2D eigenvalue weighted by Crippen LogP contribution is 2.29. The number of carbonyl (C=O) groups excluding carboxylic acids is 1. The fourth-order valence-corrected chi connectivity index (χ4v) is 2.69. The van der Waals surface area contributed by atoms with Crippen LogP contribution < -0.4 is 5.32 Å². The molecule has 1 aromatic heterocycles. The van der Waals surface area contributed by atoms with Crippen LogP contribution in [0, 0.1) is 28.5 Å². The first-order valence-electron chi connectivity index (χ1n) is 8.70. The van der Waals surface area contributed by atoms with E-state index in [1.54, 1.807) is 34.9 Å². The van der Waals surface area contributed by atoms with Crippen molar-refractivity contribution in [2.24, 2.45) is 11.3 Å². The van der Waals surface area contributed by atoms with E-state index in [9.17, 15) is 14.4 Å². The van der Waals surface area contributed by atoms with E-state index in [0.29, 0.717) is 28.2 Å². The number of amides is 1. The zero-order valence-corrected chi connectivity index (χ0v) is 15.7. The van der Waals surface area contributed by atoms with Crippen molar-refractivity contribution in [2.45, 2.75) is 27.7 Å².